The highest BCUT2D eigenvalue weighted by Crippen LogP contribution is 2.17. The monoisotopic (exact) mass is 310 g/mol. The van der Waals surface area contributed by atoms with Gasteiger partial charge < -0.3 is 10.1 Å². The zero-order valence-electron chi connectivity index (χ0n) is 13.7. The minimum atomic E-state index is 0.325. The van der Waals surface area contributed by atoms with E-state index in [4.69, 9.17) is 4.74 Å². The van der Waals surface area contributed by atoms with E-state index in [1.165, 1.54) is 12.0 Å². The normalized spacial score (nSPS) is 21.8. The van der Waals surface area contributed by atoms with Gasteiger partial charge in [-0.2, -0.15) is 11.3 Å². The molecule has 0 radical (unpaired) electrons. The molecule has 3 nitrogen and oxygen atoms in total. The van der Waals surface area contributed by atoms with Crippen LogP contribution in [0.1, 0.15) is 39.2 Å². The lowest BCUT2D eigenvalue weighted by molar-refractivity contribution is -0.0564. The van der Waals surface area contributed by atoms with Gasteiger partial charge >= 0.3 is 0 Å². The van der Waals surface area contributed by atoms with Gasteiger partial charge in [0.25, 0.3) is 0 Å². The Balaban J connectivity index is 1.90. The van der Waals surface area contributed by atoms with Crippen molar-refractivity contribution in [1.82, 2.24) is 10.2 Å². The Morgan fingerprint density at radius 3 is 3.00 bits per heavy atom. The van der Waals surface area contributed by atoms with Gasteiger partial charge in [-0.15, -0.1) is 0 Å². The molecule has 2 atom stereocenters. The summed E-state index contributed by atoms with van der Waals surface area (Å²) in [6.45, 7) is 10.9. The molecule has 0 aliphatic carbocycles. The van der Waals surface area contributed by atoms with Crippen LogP contribution in [0.15, 0.2) is 16.8 Å². The Morgan fingerprint density at radius 2 is 2.33 bits per heavy atom. The van der Waals surface area contributed by atoms with Crippen LogP contribution < -0.4 is 5.32 Å². The molecular weight excluding hydrogens is 280 g/mol. The predicted molar refractivity (Wildman–Crippen MR) is 91.2 cm³/mol. The summed E-state index contributed by atoms with van der Waals surface area (Å²) in [5.74, 6) is 0. The van der Waals surface area contributed by atoms with Crippen LogP contribution in [-0.4, -0.2) is 49.3 Å². The standard InChI is InChI=1S/C17H30N2OS/c1-4-8-18-16(6-5-15-7-11-21-13-15)17-12-19(14(2)3)9-10-20-17/h7,11,13-14,16-18H,4-6,8-10,12H2,1-3H3. The molecule has 0 spiro atoms. The summed E-state index contributed by atoms with van der Waals surface area (Å²) in [5, 5.41) is 8.14. The number of nitrogens with one attached hydrogen (secondary N) is 1. The van der Waals surface area contributed by atoms with E-state index >= 15 is 0 Å². The van der Waals surface area contributed by atoms with E-state index in [0.717, 1.165) is 39.1 Å². The fraction of sp³-hybridized carbons (Fsp3) is 0.765. The summed E-state index contributed by atoms with van der Waals surface area (Å²) in [5.41, 5.74) is 1.46. The Hall–Kier alpha value is -0.420. The van der Waals surface area contributed by atoms with E-state index in [9.17, 15) is 0 Å². The first-order chi connectivity index (χ1) is 10.2. The number of morpholine rings is 1. The molecule has 4 heteroatoms. The molecule has 0 amide bonds. The van der Waals surface area contributed by atoms with Gasteiger partial charge in [-0.3, -0.25) is 4.90 Å². The van der Waals surface area contributed by atoms with Crippen LogP contribution in [-0.2, 0) is 11.2 Å². The van der Waals surface area contributed by atoms with Crippen LogP contribution >= 0.6 is 11.3 Å². The third-order valence-corrected chi connectivity index (χ3v) is 5.02. The maximum atomic E-state index is 6.09. The molecule has 120 valence electrons. The third kappa shape index (κ3) is 5.37. The number of rotatable bonds is 8. The first kappa shape index (κ1) is 16.9. The molecule has 1 saturated heterocycles. The molecule has 1 N–H and O–H groups in total. The van der Waals surface area contributed by atoms with E-state index in [0.29, 0.717) is 18.2 Å². The maximum Gasteiger partial charge on any atom is 0.0855 e. The van der Waals surface area contributed by atoms with Crippen molar-refractivity contribution >= 4 is 11.3 Å². The Labute approximate surface area is 133 Å². The van der Waals surface area contributed by atoms with Gasteiger partial charge in [0, 0.05) is 25.2 Å². The second kappa shape index (κ2) is 8.89. The zero-order chi connectivity index (χ0) is 15.1. The van der Waals surface area contributed by atoms with Gasteiger partial charge in [0.2, 0.25) is 0 Å². The minimum Gasteiger partial charge on any atom is -0.374 e. The Bertz CT molecular complexity index is 380. The van der Waals surface area contributed by atoms with Crippen molar-refractivity contribution in [3.63, 3.8) is 0 Å². The van der Waals surface area contributed by atoms with Crippen molar-refractivity contribution < 1.29 is 4.74 Å². The molecule has 1 aliphatic rings. The van der Waals surface area contributed by atoms with Gasteiger partial charge in [-0.25, -0.2) is 0 Å². The van der Waals surface area contributed by atoms with Gasteiger partial charge in [0.15, 0.2) is 0 Å². The maximum absolute atomic E-state index is 6.09. The van der Waals surface area contributed by atoms with E-state index in [-0.39, 0.29) is 0 Å². The quantitative estimate of drug-likeness (QED) is 0.798. The summed E-state index contributed by atoms with van der Waals surface area (Å²) < 4.78 is 6.09. The lowest BCUT2D eigenvalue weighted by atomic mass is 10.0. The largest absolute Gasteiger partial charge is 0.374 e. The molecule has 1 aromatic rings. The van der Waals surface area contributed by atoms with Gasteiger partial charge in [-0.05, 0) is 62.0 Å². The number of hydrogen-bond acceptors (Lipinski definition) is 4. The fourth-order valence-electron chi connectivity index (χ4n) is 2.92. The minimum absolute atomic E-state index is 0.325. The summed E-state index contributed by atoms with van der Waals surface area (Å²) >= 11 is 1.79. The molecule has 2 unspecified atom stereocenters. The Kier molecular flexibility index (Phi) is 7.17. The number of ether oxygens (including phenoxy) is 1. The molecule has 21 heavy (non-hydrogen) atoms. The van der Waals surface area contributed by atoms with Crippen LogP contribution in [0.2, 0.25) is 0 Å². The predicted octanol–water partition coefficient (Wildman–Crippen LogP) is 3.16. The average molecular weight is 311 g/mol. The molecule has 2 heterocycles. The highest BCUT2D eigenvalue weighted by Gasteiger charge is 2.28. The van der Waals surface area contributed by atoms with E-state index in [1.807, 2.05) is 0 Å². The van der Waals surface area contributed by atoms with E-state index in [2.05, 4.69) is 47.8 Å². The van der Waals surface area contributed by atoms with Crippen LogP contribution in [0, 0.1) is 0 Å². The fourth-order valence-corrected chi connectivity index (χ4v) is 3.62. The second-order valence-corrected chi connectivity index (χ2v) is 7.01. The highest BCUT2D eigenvalue weighted by atomic mass is 32.1. The zero-order valence-corrected chi connectivity index (χ0v) is 14.5. The van der Waals surface area contributed by atoms with Gasteiger partial charge in [0.05, 0.1) is 12.7 Å². The summed E-state index contributed by atoms with van der Waals surface area (Å²) in [6.07, 6.45) is 3.81. The topological polar surface area (TPSA) is 24.5 Å². The van der Waals surface area contributed by atoms with Crippen LogP contribution in [0.4, 0.5) is 0 Å². The lowest BCUT2D eigenvalue weighted by Crippen LogP contribution is -2.54. The molecule has 1 aliphatic heterocycles. The van der Waals surface area contributed by atoms with Crippen molar-refractivity contribution in [2.24, 2.45) is 0 Å². The smallest absolute Gasteiger partial charge is 0.0855 e. The molecule has 0 bridgehead atoms. The third-order valence-electron chi connectivity index (χ3n) is 4.28. The molecule has 1 fully saturated rings. The summed E-state index contributed by atoms with van der Waals surface area (Å²) in [4.78, 5) is 2.54. The molecular formula is C17H30N2OS. The molecule has 0 saturated carbocycles. The number of thiophene rings is 1. The van der Waals surface area contributed by atoms with Crippen molar-refractivity contribution in [3.8, 4) is 0 Å². The van der Waals surface area contributed by atoms with Crippen LogP contribution in [0.3, 0.4) is 0 Å². The first-order valence-electron chi connectivity index (χ1n) is 8.30. The SMILES string of the molecule is CCCNC(CCc1ccsc1)C1CN(C(C)C)CCO1. The first-order valence-corrected chi connectivity index (χ1v) is 9.25. The van der Waals surface area contributed by atoms with Gasteiger partial charge in [0.1, 0.15) is 0 Å². The summed E-state index contributed by atoms with van der Waals surface area (Å²) in [7, 11) is 0. The average Bonchev–Trinajstić information content (AvgIpc) is 3.01. The molecule has 0 aromatic carbocycles. The van der Waals surface area contributed by atoms with Crippen molar-refractivity contribution in [1.29, 1.82) is 0 Å². The lowest BCUT2D eigenvalue weighted by Gasteiger charge is -2.39. The van der Waals surface area contributed by atoms with Crippen molar-refractivity contribution in [2.75, 3.05) is 26.2 Å². The Morgan fingerprint density at radius 1 is 1.48 bits per heavy atom. The number of nitrogens with zero attached hydrogens (tertiary/aromatic N) is 1. The van der Waals surface area contributed by atoms with Crippen LogP contribution in [0.25, 0.3) is 0 Å². The molecule has 1 aromatic heterocycles. The van der Waals surface area contributed by atoms with Crippen LogP contribution in [0.5, 0.6) is 0 Å². The van der Waals surface area contributed by atoms with Crippen molar-refractivity contribution in [3.05, 3.63) is 22.4 Å². The number of aryl methyl sites for hydroxylation is 1. The number of hydrogen-bond donors (Lipinski definition) is 1. The van der Waals surface area contributed by atoms with Gasteiger partial charge in [-0.1, -0.05) is 6.92 Å². The van der Waals surface area contributed by atoms with E-state index < -0.39 is 0 Å². The van der Waals surface area contributed by atoms with Crippen molar-refractivity contribution in [2.45, 2.75) is 58.2 Å². The van der Waals surface area contributed by atoms with E-state index in [1.54, 1.807) is 11.3 Å². The second-order valence-electron chi connectivity index (χ2n) is 6.23. The summed E-state index contributed by atoms with van der Waals surface area (Å²) in [6, 6.07) is 3.32. The molecule has 2 rings (SSSR count). The highest BCUT2D eigenvalue weighted by molar-refractivity contribution is 7.07.